The molecule has 0 radical (unpaired) electrons. The molecule has 0 aliphatic carbocycles. The highest BCUT2D eigenvalue weighted by molar-refractivity contribution is 5.36. The van der Waals surface area contributed by atoms with Gasteiger partial charge in [-0.05, 0) is 18.2 Å². The summed E-state index contributed by atoms with van der Waals surface area (Å²) in [7, 11) is 0. The quantitative estimate of drug-likeness (QED) is 0.856. The van der Waals surface area contributed by atoms with E-state index in [0.29, 0.717) is 5.56 Å². The van der Waals surface area contributed by atoms with E-state index in [1.807, 2.05) is 30.3 Å². The van der Waals surface area contributed by atoms with Crippen molar-refractivity contribution < 1.29 is 14.2 Å². The van der Waals surface area contributed by atoms with Gasteiger partial charge in [0.2, 0.25) is 0 Å². The molecular formula is C16H13FO2. The van der Waals surface area contributed by atoms with E-state index in [2.05, 4.69) is 11.8 Å². The van der Waals surface area contributed by atoms with Crippen LogP contribution >= 0.6 is 0 Å². The highest BCUT2D eigenvalue weighted by Gasteiger charge is 2.07. The Balaban J connectivity index is 2.02. The van der Waals surface area contributed by atoms with E-state index in [1.54, 1.807) is 6.07 Å². The van der Waals surface area contributed by atoms with Gasteiger partial charge in [-0.15, -0.1) is 0 Å². The maximum Gasteiger partial charge on any atom is 0.165 e. The summed E-state index contributed by atoms with van der Waals surface area (Å²) in [5.74, 6) is 5.29. The molecule has 0 saturated heterocycles. The zero-order valence-corrected chi connectivity index (χ0v) is 10.3. The maximum atomic E-state index is 13.5. The molecule has 2 rings (SSSR count). The molecule has 0 unspecified atom stereocenters. The van der Waals surface area contributed by atoms with E-state index in [4.69, 9.17) is 9.84 Å². The predicted octanol–water partition coefficient (Wildman–Crippen LogP) is 2.75. The van der Waals surface area contributed by atoms with Crippen molar-refractivity contribution in [1.29, 1.82) is 0 Å². The van der Waals surface area contributed by atoms with E-state index < -0.39 is 5.82 Å². The summed E-state index contributed by atoms with van der Waals surface area (Å²) >= 11 is 0. The average Bonchev–Trinajstić information content (AvgIpc) is 2.46. The topological polar surface area (TPSA) is 29.5 Å². The van der Waals surface area contributed by atoms with Crippen LogP contribution in [0.3, 0.4) is 0 Å². The molecule has 0 heterocycles. The minimum Gasteiger partial charge on any atom is -0.477 e. The van der Waals surface area contributed by atoms with Gasteiger partial charge < -0.3 is 9.84 Å². The van der Waals surface area contributed by atoms with Crippen LogP contribution in [0.1, 0.15) is 11.1 Å². The first-order valence-corrected chi connectivity index (χ1v) is 5.86. The van der Waals surface area contributed by atoms with Crippen LogP contribution in [-0.4, -0.2) is 11.7 Å². The van der Waals surface area contributed by atoms with Gasteiger partial charge in [0.1, 0.15) is 6.61 Å². The minimum atomic E-state index is -0.493. The lowest BCUT2D eigenvalue weighted by atomic mass is 10.2. The summed E-state index contributed by atoms with van der Waals surface area (Å²) in [5.41, 5.74) is 1.29. The summed E-state index contributed by atoms with van der Waals surface area (Å²) in [6.45, 7) is -0.192. The van der Waals surface area contributed by atoms with Crippen molar-refractivity contribution in [3.63, 3.8) is 0 Å². The second kappa shape index (κ2) is 6.58. The molecule has 0 aliphatic heterocycles. The average molecular weight is 256 g/mol. The number of hydrogen-bond donors (Lipinski definition) is 1. The first kappa shape index (κ1) is 13.1. The number of benzene rings is 2. The molecule has 0 spiro atoms. The van der Waals surface area contributed by atoms with Gasteiger partial charge in [-0.1, -0.05) is 42.2 Å². The Kier molecular flexibility index (Phi) is 4.54. The first-order chi connectivity index (χ1) is 9.31. The van der Waals surface area contributed by atoms with Crippen LogP contribution in [0.25, 0.3) is 0 Å². The summed E-state index contributed by atoms with van der Waals surface area (Å²) in [4.78, 5) is 0. The molecule has 0 bridgehead atoms. The molecule has 19 heavy (non-hydrogen) atoms. The van der Waals surface area contributed by atoms with Crippen molar-refractivity contribution in [3.05, 3.63) is 65.5 Å². The van der Waals surface area contributed by atoms with Crippen molar-refractivity contribution in [2.24, 2.45) is 0 Å². The maximum absolute atomic E-state index is 13.5. The molecule has 0 amide bonds. The van der Waals surface area contributed by atoms with E-state index >= 15 is 0 Å². The molecule has 2 aromatic carbocycles. The Morgan fingerprint density at radius 2 is 1.84 bits per heavy atom. The summed E-state index contributed by atoms with van der Waals surface area (Å²) in [5, 5.41) is 9.09. The smallest absolute Gasteiger partial charge is 0.165 e. The number of hydrogen-bond acceptors (Lipinski definition) is 2. The first-order valence-electron chi connectivity index (χ1n) is 5.86. The predicted molar refractivity (Wildman–Crippen MR) is 71.1 cm³/mol. The standard InChI is InChI=1S/C16H13FO2/c17-15-10-4-9-14(12-18)16(15)19-11-5-8-13-6-2-1-3-7-13/h1-4,6-7,9-10,18H,11-12H2. The van der Waals surface area contributed by atoms with Crippen LogP contribution in [0.15, 0.2) is 48.5 Å². The molecule has 0 aromatic heterocycles. The fourth-order valence-corrected chi connectivity index (χ4v) is 1.61. The van der Waals surface area contributed by atoms with Crippen molar-refractivity contribution in [1.82, 2.24) is 0 Å². The number of rotatable bonds is 3. The Morgan fingerprint density at radius 1 is 1.05 bits per heavy atom. The van der Waals surface area contributed by atoms with E-state index in [1.165, 1.54) is 12.1 Å². The lowest BCUT2D eigenvalue weighted by Gasteiger charge is -2.07. The number of para-hydroxylation sites is 1. The van der Waals surface area contributed by atoms with Crippen LogP contribution in [0.2, 0.25) is 0 Å². The van der Waals surface area contributed by atoms with Gasteiger partial charge in [0, 0.05) is 11.1 Å². The number of ether oxygens (including phenoxy) is 1. The third-order valence-electron chi connectivity index (χ3n) is 2.51. The van der Waals surface area contributed by atoms with Crippen molar-refractivity contribution in [2.75, 3.05) is 6.61 Å². The number of aliphatic hydroxyl groups excluding tert-OH is 1. The van der Waals surface area contributed by atoms with E-state index in [9.17, 15) is 4.39 Å². The highest BCUT2D eigenvalue weighted by atomic mass is 19.1. The van der Waals surface area contributed by atoms with E-state index in [0.717, 1.165) is 5.56 Å². The molecule has 2 nitrogen and oxygen atoms in total. The normalized spacial score (nSPS) is 9.58. The van der Waals surface area contributed by atoms with Crippen molar-refractivity contribution >= 4 is 0 Å². The molecule has 1 N–H and O–H groups in total. The fourth-order valence-electron chi connectivity index (χ4n) is 1.61. The molecule has 0 saturated carbocycles. The van der Waals surface area contributed by atoms with Gasteiger partial charge >= 0.3 is 0 Å². The Labute approximate surface area is 111 Å². The van der Waals surface area contributed by atoms with Gasteiger partial charge in [0.05, 0.1) is 6.61 Å². The van der Waals surface area contributed by atoms with Crippen LogP contribution in [0, 0.1) is 17.7 Å². The minimum absolute atomic E-state index is 0.0624. The van der Waals surface area contributed by atoms with Gasteiger partial charge in [-0.25, -0.2) is 4.39 Å². The largest absolute Gasteiger partial charge is 0.477 e. The van der Waals surface area contributed by atoms with Crippen molar-refractivity contribution in [2.45, 2.75) is 6.61 Å². The lowest BCUT2D eigenvalue weighted by molar-refractivity contribution is 0.266. The monoisotopic (exact) mass is 256 g/mol. The van der Waals surface area contributed by atoms with Crippen LogP contribution < -0.4 is 4.74 Å². The Bertz CT molecular complexity index is 597. The van der Waals surface area contributed by atoms with Gasteiger partial charge in [-0.3, -0.25) is 0 Å². The zero-order valence-electron chi connectivity index (χ0n) is 10.3. The molecule has 2 aromatic rings. The second-order valence-electron chi connectivity index (χ2n) is 3.84. The number of aliphatic hydroxyl groups is 1. The van der Waals surface area contributed by atoms with Crippen LogP contribution in [0.5, 0.6) is 5.75 Å². The summed E-state index contributed by atoms with van der Waals surface area (Å²) < 4.78 is 18.8. The molecule has 0 aliphatic rings. The molecule has 0 fully saturated rings. The molecular weight excluding hydrogens is 243 g/mol. The fraction of sp³-hybridized carbons (Fsp3) is 0.125. The Hall–Kier alpha value is -2.31. The van der Waals surface area contributed by atoms with E-state index in [-0.39, 0.29) is 19.0 Å². The van der Waals surface area contributed by atoms with Crippen LogP contribution in [0.4, 0.5) is 4.39 Å². The second-order valence-corrected chi connectivity index (χ2v) is 3.84. The molecule has 0 atom stereocenters. The van der Waals surface area contributed by atoms with Gasteiger partial charge in [0.15, 0.2) is 11.6 Å². The third kappa shape index (κ3) is 3.57. The summed E-state index contributed by atoms with van der Waals surface area (Å²) in [6.07, 6.45) is 0. The molecule has 96 valence electrons. The lowest BCUT2D eigenvalue weighted by Crippen LogP contribution is -2.00. The Morgan fingerprint density at radius 3 is 2.58 bits per heavy atom. The van der Waals surface area contributed by atoms with Gasteiger partial charge in [0.25, 0.3) is 0 Å². The molecule has 3 heteroatoms. The van der Waals surface area contributed by atoms with Crippen LogP contribution in [-0.2, 0) is 6.61 Å². The number of halogens is 1. The third-order valence-corrected chi connectivity index (χ3v) is 2.51. The highest BCUT2D eigenvalue weighted by Crippen LogP contribution is 2.22. The zero-order chi connectivity index (χ0) is 13.5. The van der Waals surface area contributed by atoms with Gasteiger partial charge in [-0.2, -0.15) is 0 Å². The summed E-state index contributed by atoms with van der Waals surface area (Å²) in [6, 6.07) is 13.9. The van der Waals surface area contributed by atoms with Crippen molar-refractivity contribution in [3.8, 4) is 17.6 Å². The SMILES string of the molecule is OCc1cccc(F)c1OCC#Cc1ccccc1.